The summed E-state index contributed by atoms with van der Waals surface area (Å²) in [6.45, 7) is 5.91. The van der Waals surface area contributed by atoms with E-state index in [1.165, 1.54) is 0 Å². The number of fused-ring (bicyclic) bond motifs is 1. The number of carbonyl (C=O) groups is 2. The predicted molar refractivity (Wildman–Crippen MR) is 78.8 cm³/mol. The van der Waals surface area contributed by atoms with Crippen molar-refractivity contribution >= 4 is 35.0 Å². The molecule has 1 unspecified atom stereocenters. The molecule has 1 aromatic carbocycles. The van der Waals surface area contributed by atoms with Crippen LogP contribution in [0.5, 0.6) is 0 Å². The number of hydrogen-bond acceptors (Lipinski definition) is 2. The number of Topliss-reactive ketones (excluding diaryl/α,β-unsaturated/α-hetero) is 1. The normalized spacial score (nSPS) is 21.4. The summed E-state index contributed by atoms with van der Waals surface area (Å²) in [5, 5.41) is 9.27. The summed E-state index contributed by atoms with van der Waals surface area (Å²) in [7, 11) is 0. The second kappa shape index (κ2) is 5.05. The molecule has 1 atom stereocenters. The zero-order valence-electron chi connectivity index (χ0n) is 11.6. The van der Waals surface area contributed by atoms with Crippen molar-refractivity contribution in [2.45, 2.75) is 33.6 Å². The summed E-state index contributed by atoms with van der Waals surface area (Å²) in [5.74, 6) is -0.810. The Labute approximate surface area is 127 Å². The first-order valence-electron chi connectivity index (χ1n) is 6.44. The quantitative estimate of drug-likeness (QED) is 0.916. The van der Waals surface area contributed by atoms with Crippen LogP contribution in [-0.4, -0.2) is 16.9 Å². The molecule has 0 aliphatic heterocycles. The van der Waals surface area contributed by atoms with E-state index in [4.69, 9.17) is 28.3 Å². The molecule has 1 aromatic rings. The van der Waals surface area contributed by atoms with Crippen molar-refractivity contribution in [2.75, 3.05) is 0 Å². The van der Waals surface area contributed by atoms with Gasteiger partial charge in [0.1, 0.15) is 0 Å². The molecule has 0 saturated carbocycles. The van der Waals surface area contributed by atoms with Crippen molar-refractivity contribution in [3.8, 4) is 0 Å². The number of aliphatic carboxylic acids is 1. The average Bonchev–Trinajstić information content (AvgIpc) is 2.59. The summed E-state index contributed by atoms with van der Waals surface area (Å²) in [6.07, 6.45) is 0.376. The molecule has 0 spiro atoms. The number of carbonyl (C=O) groups excluding carboxylic acids is 1. The zero-order chi connectivity index (χ0) is 15.2. The zero-order valence-corrected chi connectivity index (χ0v) is 13.1. The van der Waals surface area contributed by atoms with Crippen molar-refractivity contribution < 1.29 is 14.7 Å². The number of benzene rings is 1. The fourth-order valence-electron chi connectivity index (χ4n) is 2.64. The monoisotopic (exact) mass is 314 g/mol. The van der Waals surface area contributed by atoms with Crippen molar-refractivity contribution in [1.82, 2.24) is 0 Å². The highest BCUT2D eigenvalue weighted by Gasteiger charge is 2.45. The molecule has 0 amide bonds. The molecular weight excluding hydrogens is 299 g/mol. The Bertz CT molecular complexity index is 608. The Morgan fingerprint density at radius 2 is 2.00 bits per heavy atom. The fraction of sp³-hybridized carbons (Fsp3) is 0.467. The van der Waals surface area contributed by atoms with Gasteiger partial charge in [0.15, 0.2) is 5.78 Å². The minimum absolute atomic E-state index is 0.00345. The summed E-state index contributed by atoms with van der Waals surface area (Å²) in [4.78, 5) is 23.5. The molecule has 108 valence electrons. The maximum absolute atomic E-state index is 12.6. The minimum atomic E-state index is -0.973. The van der Waals surface area contributed by atoms with Gasteiger partial charge in [-0.2, -0.15) is 0 Å². The van der Waals surface area contributed by atoms with Crippen LogP contribution in [0.2, 0.25) is 10.0 Å². The molecule has 0 radical (unpaired) electrons. The van der Waals surface area contributed by atoms with Gasteiger partial charge in [-0.25, -0.2) is 0 Å². The fourth-order valence-corrected chi connectivity index (χ4v) is 3.19. The topological polar surface area (TPSA) is 54.4 Å². The van der Waals surface area contributed by atoms with E-state index in [1.54, 1.807) is 6.07 Å². The van der Waals surface area contributed by atoms with Crippen LogP contribution < -0.4 is 0 Å². The van der Waals surface area contributed by atoms with E-state index >= 15 is 0 Å². The Morgan fingerprint density at radius 3 is 2.50 bits per heavy atom. The molecule has 0 bridgehead atoms. The summed E-state index contributed by atoms with van der Waals surface area (Å²) in [6, 6.07) is 1.71. The van der Waals surface area contributed by atoms with Crippen molar-refractivity contribution in [3.05, 3.63) is 32.8 Å². The van der Waals surface area contributed by atoms with Crippen LogP contribution in [0, 0.1) is 11.3 Å². The highest BCUT2D eigenvalue weighted by molar-refractivity contribution is 6.45. The Hall–Kier alpha value is -1.06. The van der Waals surface area contributed by atoms with E-state index in [9.17, 15) is 9.59 Å². The molecule has 1 N–H and O–H groups in total. The lowest BCUT2D eigenvalue weighted by Crippen LogP contribution is -2.30. The SMILES string of the molecule is CC(C)C1(C)Cc2cc(CC(=O)O)c(Cl)c(Cl)c2C1=O. The standard InChI is InChI=1S/C15H16Cl2O3/c1-7(2)15(3)6-9-4-8(5-10(18)19)12(16)13(17)11(9)14(15)20/h4,7H,5-6H2,1-3H3,(H,18,19). The van der Waals surface area contributed by atoms with Gasteiger partial charge in [0, 0.05) is 11.0 Å². The van der Waals surface area contributed by atoms with Gasteiger partial charge in [0.05, 0.1) is 16.5 Å². The van der Waals surface area contributed by atoms with Gasteiger partial charge < -0.3 is 5.11 Å². The molecule has 1 aliphatic rings. The molecule has 20 heavy (non-hydrogen) atoms. The van der Waals surface area contributed by atoms with Crippen molar-refractivity contribution in [2.24, 2.45) is 11.3 Å². The van der Waals surface area contributed by atoms with Crippen LogP contribution in [0.3, 0.4) is 0 Å². The summed E-state index contributed by atoms with van der Waals surface area (Å²) >= 11 is 12.3. The first-order valence-corrected chi connectivity index (χ1v) is 7.20. The second-order valence-electron chi connectivity index (χ2n) is 5.85. The smallest absolute Gasteiger partial charge is 0.307 e. The molecule has 5 heteroatoms. The lowest BCUT2D eigenvalue weighted by atomic mass is 9.76. The number of ketones is 1. The van der Waals surface area contributed by atoms with Gasteiger partial charge >= 0.3 is 5.97 Å². The third-order valence-corrected chi connectivity index (χ3v) is 5.19. The molecule has 0 fully saturated rings. The largest absolute Gasteiger partial charge is 0.481 e. The van der Waals surface area contributed by atoms with Gasteiger partial charge in [-0.1, -0.05) is 50.0 Å². The third kappa shape index (κ3) is 2.23. The molecule has 0 aromatic heterocycles. The van der Waals surface area contributed by atoms with E-state index < -0.39 is 11.4 Å². The Kier molecular flexibility index (Phi) is 3.87. The number of carboxylic acid groups (broad SMARTS) is 1. The lowest BCUT2D eigenvalue weighted by molar-refractivity contribution is -0.136. The van der Waals surface area contributed by atoms with Crippen molar-refractivity contribution in [1.29, 1.82) is 0 Å². The summed E-state index contributed by atoms with van der Waals surface area (Å²) < 4.78 is 0. The number of hydrogen-bond donors (Lipinski definition) is 1. The van der Waals surface area contributed by atoms with Crippen LogP contribution in [0.25, 0.3) is 0 Å². The highest BCUT2D eigenvalue weighted by atomic mass is 35.5. The van der Waals surface area contributed by atoms with Crippen LogP contribution in [-0.2, 0) is 17.6 Å². The number of carboxylic acids is 1. The first kappa shape index (κ1) is 15.3. The Balaban J connectivity index is 2.58. The lowest BCUT2D eigenvalue weighted by Gasteiger charge is -2.26. The van der Waals surface area contributed by atoms with Gasteiger partial charge in [0.25, 0.3) is 0 Å². The van der Waals surface area contributed by atoms with E-state index in [0.717, 1.165) is 5.56 Å². The highest BCUT2D eigenvalue weighted by Crippen LogP contribution is 2.47. The van der Waals surface area contributed by atoms with Crippen LogP contribution >= 0.6 is 23.2 Å². The van der Waals surface area contributed by atoms with Gasteiger partial charge in [-0.05, 0) is 23.5 Å². The molecule has 2 rings (SSSR count). The van der Waals surface area contributed by atoms with Crippen LogP contribution in [0.15, 0.2) is 6.07 Å². The molecular formula is C15H16Cl2O3. The minimum Gasteiger partial charge on any atom is -0.481 e. The van der Waals surface area contributed by atoms with Crippen LogP contribution in [0.4, 0.5) is 0 Å². The van der Waals surface area contributed by atoms with E-state index in [0.29, 0.717) is 17.5 Å². The molecule has 3 nitrogen and oxygen atoms in total. The second-order valence-corrected chi connectivity index (χ2v) is 6.60. The van der Waals surface area contributed by atoms with Gasteiger partial charge in [-0.3, -0.25) is 9.59 Å². The van der Waals surface area contributed by atoms with Crippen molar-refractivity contribution in [3.63, 3.8) is 0 Å². The van der Waals surface area contributed by atoms with E-state index in [-0.39, 0.29) is 28.2 Å². The molecule has 0 heterocycles. The van der Waals surface area contributed by atoms with Gasteiger partial charge in [0.2, 0.25) is 0 Å². The molecule has 1 aliphatic carbocycles. The summed E-state index contributed by atoms with van der Waals surface area (Å²) in [5.41, 5.74) is 1.22. The van der Waals surface area contributed by atoms with E-state index in [2.05, 4.69) is 0 Å². The number of halogens is 2. The molecule has 0 saturated heterocycles. The maximum Gasteiger partial charge on any atom is 0.307 e. The average molecular weight is 315 g/mol. The van der Waals surface area contributed by atoms with Crippen LogP contribution in [0.1, 0.15) is 42.3 Å². The maximum atomic E-state index is 12.6. The van der Waals surface area contributed by atoms with E-state index in [1.807, 2.05) is 20.8 Å². The third-order valence-electron chi connectivity index (χ3n) is 4.28. The van der Waals surface area contributed by atoms with Gasteiger partial charge in [-0.15, -0.1) is 0 Å². The first-order chi connectivity index (χ1) is 9.18. The number of rotatable bonds is 3. The predicted octanol–water partition coefficient (Wildman–Crippen LogP) is 4.02. The Morgan fingerprint density at radius 1 is 1.40 bits per heavy atom.